The molecule has 3 rings (SSSR count). The van der Waals surface area contributed by atoms with Gasteiger partial charge in [-0.2, -0.15) is 4.98 Å². The molecule has 1 atom stereocenters. The predicted molar refractivity (Wildman–Crippen MR) is 77.0 cm³/mol. The molecule has 8 nitrogen and oxygen atoms in total. The Morgan fingerprint density at radius 1 is 1.36 bits per heavy atom. The van der Waals surface area contributed by atoms with Crippen LogP contribution in [0.3, 0.4) is 0 Å². The summed E-state index contributed by atoms with van der Waals surface area (Å²) in [6, 6.07) is -0.0964. The summed E-state index contributed by atoms with van der Waals surface area (Å²) in [6.45, 7) is 4.37. The van der Waals surface area contributed by atoms with Crippen molar-refractivity contribution in [3.05, 3.63) is 11.7 Å². The Morgan fingerprint density at radius 2 is 2.23 bits per heavy atom. The molecule has 0 bridgehead atoms. The van der Waals surface area contributed by atoms with Crippen molar-refractivity contribution in [1.82, 2.24) is 25.3 Å². The zero-order valence-corrected chi connectivity index (χ0v) is 12.7. The number of hydrogen-bond acceptors (Lipinski definition) is 6. The zero-order valence-electron chi connectivity index (χ0n) is 12.7. The van der Waals surface area contributed by atoms with E-state index in [2.05, 4.69) is 20.4 Å². The number of likely N-dealkylation sites (tertiary alicyclic amines) is 1. The average Bonchev–Trinajstić information content (AvgIpc) is 3.22. The highest BCUT2D eigenvalue weighted by Gasteiger charge is 2.31. The van der Waals surface area contributed by atoms with Crippen LogP contribution >= 0.6 is 0 Å². The van der Waals surface area contributed by atoms with Gasteiger partial charge in [-0.15, -0.1) is 0 Å². The number of urea groups is 1. The van der Waals surface area contributed by atoms with Gasteiger partial charge < -0.3 is 9.84 Å². The molecule has 2 aliphatic heterocycles. The van der Waals surface area contributed by atoms with Crippen LogP contribution in [0.2, 0.25) is 0 Å². The summed E-state index contributed by atoms with van der Waals surface area (Å²) in [4.78, 5) is 31.0. The van der Waals surface area contributed by atoms with Crippen LogP contribution in [0.25, 0.3) is 0 Å². The molecular weight excluding hydrogens is 286 g/mol. The standard InChI is InChI=1S/C14H21N5O3/c1-2-11-16-13(17-22-11)10-5-3-6-18(10)7-4-8-19-12(20)9-15-14(19)21/h10H,2-9H2,1H3,(H,15,21). The number of carbonyl (C=O) groups is 2. The van der Waals surface area contributed by atoms with Gasteiger partial charge in [-0.05, 0) is 25.8 Å². The monoisotopic (exact) mass is 307 g/mol. The second-order valence-electron chi connectivity index (χ2n) is 5.65. The SMILES string of the molecule is CCc1nc(C2CCCN2CCCN2C(=O)CNC2=O)no1. The smallest absolute Gasteiger partial charge is 0.324 e. The predicted octanol–water partition coefficient (Wildman–Crippen LogP) is 0.711. The molecule has 120 valence electrons. The van der Waals surface area contributed by atoms with Crippen molar-refractivity contribution in [2.45, 2.75) is 38.6 Å². The molecule has 1 aromatic rings. The van der Waals surface area contributed by atoms with Crippen LogP contribution in [0.15, 0.2) is 4.52 Å². The summed E-state index contributed by atoms with van der Waals surface area (Å²) in [6.07, 6.45) is 3.62. The van der Waals surface area contributed by atoms with Crippen molar-refractivity contribution >= 4 is 11.9 Å². The lowest BCUT2D eigenvalue weighted by Gasteiger charge is -2.22. The molecule has 0 saturated carbocycles. The van der Waals surface area contributed by atoms with Crippen LogP contribution < -0.4 is 5.32 Å². The molecule has 3 amide bonds. The molecule has 0 aliphatic carbocycles. The van der Waals surface area contributed by atoms with Crippen LogP contribution in [0, 0.1) is 0 Å². The Bertz CT molecular complexity index is 542. The van der Waals surface area contributed by atoms with E-state index in [0.717, 1.165) is 44.6 Å². The van der Waals surface area contributed by atoms with Gasteiger partial charge in [0.1, 0.15) is 0 Å². The van der Waals surface area contributed by atoms with E-state index in [1.807, 2.05) is 6.92 Å². The van der Waals surface area contributed by atoms with E-state index in [4.69, 9.17) is 4.52 Å². The first-order valence-corrected chi connectivity index (χ1v) is 7.83. The van der Waals surface area contributed by atoms with Gasteiger partial charge in [0.05, 0.1) is 12.6 Å². The Hall–Kier alpha value is -1.96. The lowest BCUT2D eigenvalue weighted by molar-refractivity contribution is -0.125. The van der Waals surface area contributed by atoms with Crippen LogP contribution in [-0.4, -0.2) is 58.1 Å². The van der Waals surface area contributed by atoms with E-state index < -0.39 is 0 Å². The van der Waals surface area contributed by atoms with Gasteiger partial charge in [-0.1, -0.05) is 12.1 Å². The van der Waals surface area contributed by atoms with E-state index in [1.54, 1.807) is 0 Å². The Morgan fingerprint density at radius 3 is 2.91 bits per heavy atom. The van der Waals surface area contributed by atoms with Gasteiger partial charge in [0.15, 0.2) is 5.82 Å². The molecule has 8 heteroatoms. The van der Waals surface area contributed by atoms with E-state index >= 15 is 0 Å². The summed E-state index contributed by atoms with van der Waals surface area (Å²) in [5.41, 5.74) is 0. The fourth-order valence-corrected chi connectivity index (χ4v) is 3.05. The largest absolute Gasteiger partial charge is 0.339 e. The lowest BCUT2D eigenvalue weighted by Crippen LogP contribution is -2.34. The third-order valence-corrected chi connectivity index (χ3v) is 4.21. The maximum absolute atomic E-state index is 11.5. The average molecular weight is 307 g/mol. The van der Waals surface area contributed by atoms with Crippen molar-refractivity contribution in [3.63, 3.8) is 0 Å². The van der Waals surface area contributed by atoms with Crippen LogP contribution in [-0.2, 0) is 11.2 Å². The van der Waals surface area contributed by atoms with Crippen LogP contribution in [0.1, 0.15) is 43.9 Å². The first kappa shape index (κ1) is 15.0. The summed E-state index contributed by atoms with van der Waals surface area (Å²) in [5, 5.41) is 6.61. The zero-order chi connectivity index (χ0) is 15.5. The molecule has 0 radical (unpaired) electrons. The van der Waals surface area contributed by atoms with Crippen molar-refractivity contribution < 1.29 is 14.1 Å². The van der Waals surface area contributed by atoms with E-state index in [1.165, 1.54) is 4.90 Å². The fraction of sp³-hybridized carbons (Fsp3) is 0.714. The minimum Gasteiger partial charge on any atom is -0.339 e. The summed E-state index contributed by atoms with van der Waals surface area (Å²) < 4.78 is 5.19. The molecule has 0 spiro atoms. The number of nitrogens with one attached hydrogen (secondary N) is 1. The first-order chi connectivity index (χ1) is 10.7. The Balaban J connectivity index is 1.53. The molecule has 1 aromatic heterocycles. The molecule has 2 fully saturated rings. The highest BCUT2D eigenvalue weighted by molar-refractivity contribution is 6.01. The second kappa shape index (κ2) is 6.43. The van der Waals surface area contributed by atoms with Gasteiger partial charge in [0, 0.05) is 19.5 Å². The van der Waals surface area contributed by atoms with Crippen molar-refractivity contribution in [2.75, 3.05) is 26.2 Å². The number of carbonyl (C=O) groups excluding carboxylic acids is 2. The number of amides is 3. The Labute approximate surface area is 128 Å². The first-order valence-electron chi connectivity index (χ1n) is 7.83. The number of imide groups is 1. The van der Waals surface area contributed by atoms with E-state index in [0.29, 0.717) is 12.4 Å². The molecule has 22 heavy (non-hydrogen) atoms. The Kier molecular flexibility index (Phi) is 4.37. The minimum atomic E-state index is -0.284. The lowest BCUT2D eigenvalue weighted by atomic mass is 10.2. The molecule has 1 N–H and O–H groups in total. The maximum atomic E-state index is 11.5. The molecule has 3 heterocycles. The topological polar surface area (TPSA) is 91.6 Å². The molecular formula is C14H21N5O3. The quantitative estimate of drug-likeness (QED) is 0.778. The summed E-state index contributed by atoms with van der Waals surface area (Å²) >= 11 is 0. The number of rotatable bonds is 6. The van der Waals surface area contributed by atoms with Gasteiger partial charge in [-0.3, -0.25) is 14.6 Å². The van der Waals surface area contributed by atoms with Crippen molar-refractivity contribution in [3.8, 4) is 0 Å². The fourth-order valence-electron chi connectivity index (χ4n) is 3.05. The van der Waals surface area contributed by atoms with E-state index in [-0.39, 0.29) is 24.5 Å². The van der Waals surface area contributed by atoms with Crippen LogP contribution in [0.4, 0.5) is 4.79 Å². The van der Waals surface area contributed by atoms with Crippen LogP contribution in [0.5, 0.6) is 0 Å². The number of aromatic nitrogens is 2. The summed E-state index contributed by atoms with van der Waals surface area (Å²) in [5.74, 6) is 1.28. The molecule has 2 saturated heterocycles. The number of aryl methyl sites for hydroxylation is 1. The number of nitrogens with zero attached hydrogens (tertiary/aromatic N) is 4. The second-order valence-corrected chi connectivity index (χ2v) is 5.65. The van der Waals surface area contributed by atoms with Gasteiger partial charge >= 0.3 is 6.03 Å². The summed E-state index contributed by atoms with van der Waals surface area (Å²) in [7, 11) is 0. The van der Waals surface area contributed by atoms with Gasteiger partial charge in [0.25, 0.3) is 0 Å². The molecule has 0 aromatic carbocycles. The molecule has 1 unspecified atom stereocenters. The number of hydrogen-bond donors (Lipinski definition) is 1. The highest BCUT2D eigenvalue weighted by Crippen LogP contribution is 2.30. The minimum absolute atomic E-state index is 0.119. The molecule has 2 aliphatic rings. The highest BCUT2D eigenvalue weighted by atomic mass is 16.5. The van der Waals surface area contributed by atoms with E-state index in [9.17, 15) is 9.59 Å². The van der Waals surface area contributed by atoms with Crippen molar-refractivity contribution in [2.24, 2.45) is 0 Å². The van der Waals surface area contributed by atoms with Crippen molar-refractivity contribution in [1.29, 1.82) is 0 Å². The van der Waals surface area contributed by atoms with Gasteiger partial charge in [-0.25, -0.2) is 4.79 Å². The third-order valence-electron chi connectivity index (χ3n) is 4.21. The van der Waals surface area contributed by atoms with Gasteiger partial charge in [0.2, 0.25) is 11.8 Å². The normalized spacial score (nSPS) is 22.6. The third kappa shape index (κ3) is 2.96. The maximum Gasteiger partial charge on any atom is 0.324 e.